The number of nitriles is 1. The molecule has 0 saturated carbocycles. The highest BCUT2D eigenvalue weighted by Gasteiger charge is 2.08. The lowest BCUT2D eigenvalue weighted by molar-refractivity contribution is 0.269. The summed E-state index contributed by atoms with van der Waals surface area (Å²) >= 11 is 12.3. The summed E-state index contributed by atoms with van der Waals surface area (Å²) in [5, 5.41) is 14.7. The van der Waals surface area contributed by atoms with Crippen LogP contribution in [0.3, 0.4) is 0 Å². The highest BCUT2D eigenvalue weighted by atomic mass is 35.5. The van der Waals surface area contributed by atoms with E-state index in [1.165, 1.54) is 0 Å². The van der Waals surface area contributed by atoms with Crippen molar-refractivity contribution in [1.29, 1.82) is 5.26 Å². The zero-order valence-electron chi connectivity index (χ0n) is 16.9. The van der Waals surface area contributed by atoms with Crippen molar-refractivity contribution in [3.63, 3.8) is 0 Å². The number of benzene rings is 3. The van der Waals surface area contributed by atoms with E-state index in [0.29, 0.717) is 40.3 Å². The fraction of sp³-hybridized carbons (Fsp3) is 0.167. The Kier molecular flexibility index (Phi) is 8.17. The molecule has 5 nitrogen and oxygen atoms in total. The van der Waals surface area contributed by atoms with Gasteiger partial charge < -0.3 is 14.9 Å². The molecule has 0 fully saturated rings. The molecule has 0 aliphatic rings. The summed E-state index contributed by atoms with van der Waals surface area (Å²) < 4.78 is 11.6. The van der Waals surface area contributed by atoms with Gasteiger partial charge >= 0.3 is 0 Å². The van der Waals surface area contributed by atoms with Crippen LogP contribution >= 0.6 is 23.2 Å². The summed E-state index contributed by atoms with van der Waals surface area (Å²) in [6.45, 7) is 3.09. The maximum Gasteiger partial charge on any atom is 0.161 e. The molecule has 3 aromatic rings. The van der Waals surface area contributed by atoms with Gasteiger partial charge in [-0.25, -0.2) is 0 Å². The Morgan fingerprint density at radius 2 is 1.77 bits per heavy atom. The fourth-order valence-corrected chi connectivity index (χ4v) is 3.38. The van der Waals surface area contributed by atoms with Crippen molar-refractivity contribution < 1.29 is 9.47 Å². The first-order valence-electron chi connectivity index (χ1n) is 9.68. The summed E-state index contributed by atoms with van der Waals surface area (Å²) in [4.78, 5) is 0. The molecule has 0 unspecified atom stereocenters. The number of hydrazone groups is 1. The Hall–Kier alpha value is -3.20. The lowest BCUT2D eigenvalue weighted by Gasteiger charge is -2.13. The topological polar surface area (TPSA) is 66.6 Å². The van der Waals surface area contributed by atoms with E-state index in [9.17, 15) is 5.26 Å². The Labute approximate surface area is 191 Å². The SMILES string of the molecule is CCOc1cc(/C=N/NCc2c(Cl)cccc2Cl)ccc1OCc1ccccc1C#N. The molecule has 0 atom stereocenters. The summed E-state index contributed by atoms with van der Waals surface area (Å²) in [6.07, 6.45) is 1.68. The standard InChI is InChI=1S/C24H21Cl2N3O2/c1-2-30-24-12-17(14-28-29-15-20-21(25)8-5-9-22(20)26)10-11-23(24)31-16-19-7-4-3-6-18(19)13-27/h3-12,14,29H,2,15-16H2,1H3/b28-14+. The summed E-state index contributed by atoms with van der Waals surface area (Å²) in [6, 6.07) is 20.5. The molecule has 0 spiro atoms. The Bertz CT molecular complexity index is 1090. The van der Waals surface area contributed by atoms with Gasteiger partial charge in [-0.15, -0.1) is 0 Å². The van der Waals surface area contributed by atoms with E-state index in [1.54, 1.807) is 30.5 Å². The van der Waals surface area contributed by atoms with Gasteiger partial charge in [-0.2, -0.15) is 10.4 Å². The summed E-state index contributed by atoms with van der Waals surface area (Å²) in [5.74, 6) is 1.21. The van der Waals surface area contributed by atoms with Gasteiger partial charge in [-0.3, -0.25) is 0 Å². The van der Waals surface area contributed by atoms with Gasteiger partial charge in [0.05, 0.1) is 31.0 Å². The van der Waals surface area contributed by atoms with Gasteiger partial charge in [0.2, 0.25) is 0 Å². The molecule has 0 saturated heterocycles. The molecule has 0 bridgehead atoms. The van der Waals surface area contributed by atoms with E-state index < -0.39 is 0 Å². The molecule has 3 rings (SSSR count). The van der Waals surface area contributed by atoms with E-state index in [-0.39, 0.29) is 6.61 Å². The second kappa shape index (κ2) is 11.3. The van der Waals surface area contributed by atoms with Crippen LogP contribution < -0.4 is 14.9 Å². The molecule has 0 heterocycles. The van der Waals surface area contributed by atoms with Gasteiger partial charge in [-0.05, 0) is 48.9 Å². The van der Waals surface area contributed by atoms with Crippen LogP contribution in [0, 0.1) is 11.3 Å². The molecule has 0 aliphatic heterocycles. The molecule has 3 aromatic carbocycles. The van der Waals surface area contributed by atoms with Gasteiger partial charge in [0.1, 0.15) is 6.61 Å². The molecular weight excluding hydrogens is 433 g/mol. The van der Waals surface area contributed by atoms with Crippen molar-refractivity contribution in [2.75, 3.05) is 6.61 Å². The maximum atomic E-state index is 9.23. The first-order valence-corrected chi connectivity index (χ1v) is 10.4. The van der Waals surface area contributed by atoms with E-state index in [4.69, 9.17) is 32.7 Å². The van der Waals surface area contributed by atoms with Crippen LogP contribution in [0.25, 0.3) is 0 Å². The highest BCUT2D eigenvalue weighted by Crippen LogP contribution is 2.29. The van der Waals surface area contributed by atoms with Crippen molar-refractivity contribution >= 4 is 29.4 Å². The molecule has 0 radical (unpaired) electrons. The highest BCUT2D eigenvalue weighted by molar-refractivity contribution is 6.35. The van der Waals surface area contributed by atoms with Crippen LogP contribution in [0.5, 0.6) is 11.5 Å². The van der Waals surface area contributed by atoms with Crippen LogP contribution in [0.4, 0.5) is 0 Å². The van der Waals surface area contributed by atoms with Crippen LogP contribution in [-0.4, -0.2) is 12.8 Å². The van der Waals surface area contributed by atoms with E-state index >= 15 is 0 Å². The molecule has 0 aromatic heterocycles. The third-order valence-corrected chi connectivity index (χ3v) is 5.12. The smallest absolute Gasteiger partial charge is 0.161 e. The number of ether oxygens (including phenoxy) is 2. The monoisotopic (exact) mass is 453 g/mol. The Morgan fingerprint density at radius 1 is 1.00 bits per heavy atom. The minimum absolute atomic E-state index is 0.275. The molecular formula is C24H21Cl2N3O2. The number of hydrogen-bond acceptors (Lipinski definition) is 5. The molecule has 0 amide bonds. The fourth-order valence-electron chi connectivity index (χ4n) is 2.85. The molecule has 0 aliphatic carbocycles. The largest absolute Gasteiger partial charge is 0.490 e. The second-order valence-corrected chi connectivity index (χ2v) is 7.30. The van der Waals surface area contributed by atoms with Crippen molar-refractivity contribution in [2.24, 2.45) is 5.10 Å². The zero-order valence-corrected chi connectivity index (χ0v) is 18.5. The second-order valence-electron chi connectivity index (χ2n) is 6.49. The molecule has 1 N–H and O–H groups in total. The average Bonchev–Trinajstić information content (AvgIpc) is 2.78. The summed E-state index contributed by atoms with van der Waals surface area (Å²) in [7, 11) is 0. The van der Waals surface area contributed by atoms with Crippen LogP contribution in [0.1, 0.15) is 29.2 Å². The van der Waals surface area contributed by atoms with Crippen LogP contribution in [0.2, 0.25) is 10.0 Å². The average molecular weight is 454 g/mol. The molecule has 31 heavy (non-hydrogen) atoms. The minimum Gasteiger partial charge on any atom is -0.490 e. The lowest BCUT2D eigenvalue weighted by atomic mass is 10.1. The number of halogens is 2. The number of rotatable bonds is 9. The minimum atomic E-state index is 0.275. The lowest BCUT2D eigenvalue weighted by Crippen LogP contribution is -2.07. The number of nitrogens with one attached hydrogen (secondary N) is 1. The number of nitrogens with zero attached hydrogens (tertiary/aromatic N) is 2. The van der Waals surface area contributed by atoms with Gasteiger partial charge in [0.15, 0.2) is 11.5 Å². The van der Waals surface area contributed by atoms with Crippen LogP contribution in [0.15, 0.2) is 65.8 Å². The third kappa shape index (κ3) is 6.14. The predicted molar refractivity (Wildman–Crippen MR) is 124 cm³/mol. The van der Waals surface area contributed by atoms with Crippen molar-refractivity contribution in [1.82, 2.24) is 5.43 Å². The van der Waals surface area contributed by atoms with Gasteiger partial charge in [-0.1, -0.05) is 47.5 Å². The van der Waals surface area contributed by atoms with Crippen molar-refractivity contribution in [3.8, 4) is 17.6 Å². The van der Waals surface area contributed by atoms with E-state index in [0.717, 1.165) is 16.7 Å². The molecule has 158 valence electrons. The zero-order chi connectivity index (χ0) is 22.1. The Morgan fingerprint density at radius 3 is 2.52 bits per heavy atom. The molecule has 7 heteroatoms. The van der Waals surface area contributed by atoms with Gasteiger partial charge in [0, 0.05) is 21.2 Å². The normalized spacial score (nSPS) is 10.6. The van der Waals surface area contributed by atoms with Crippen LogP contribution in [-0.2, 0) is 13.2 Å². The van der Waals surface area contributed by atoms with Crippen molar-refractivity contribution in [2.45, 2.75) is 20.1 Å². The van der Waals surface area contributed by atoms with Crippen molar-refractivity contribution in [3.05, 3.63) is 93.0 Å². The van der Waals surface area contributed by atoms with E-state index in [2.05, 4.69) is 16.6 Å². The predicted octanol–water partition coefficient (Wildman–Crippen LogP) is 5.97. The maximum absolute atomic E-state index is 9.23. The summed E-state index contributed by atoms with van der Waals surface area (Å²) in [5.41, 5.74) is 6.00. The quantitative estimate of drug-likeness (QED) is 0.320. The van der Waals surface area contributed by atoms with Gasteiger partial charge in [0.25, 0.3) is 0 Å². The third-order valence-electron chi connectivity index (χ3n) is 4.41. The number of hydrogen-bond donors (Lipinski definition) is 1. The first kappa shape index (κ1) is 22.5. The van der Waals surface area contributed by atoms with E-state index in [1.807, 2.05) is 43.3 Å². The first-order chi connectivity index (χ1) is 15.1. The Balaban J connectivity index is 1.67.